The maximum atomic E-state index is 11.7. The van der Waals surface area contributed by atoms with Gasteiger partial charge in [0.1, 0.15) is 0 Å². The molecule has 1 heterocycles. The van der Waals surface area contributed by atoms with Crippen LogP contribution in [0.5, 0.6) is 0 Å². The highest BCUT2D eigenvalue weighted by atomic mass is 16.1. The summed E-state index contributed by atoms with van der Waals surface area (Å²) in [6.45, 7) is 12.7. The lowest BCUT2D eigenvalue weighted by Crippen LogP contribution is -2.42. The number of rotatable bonds is 6. The van der Waals surface area contributed by atoms with Crippen LogP contribution in [-0.4, -0.2) is 48.6 Å². The molecule has 0 spiro atoms. The molecule has 0 aliphatic carbocycles. The number of carbonyl (C=O) groups excluding carboxylic acids is 1. The van der Waals surface area contributed by atoms with Crippen LogP contribution in [0.1, 0.15) is 59.8 Å². The number of hydrogen-bond donors (Lipinski definition) is 2. The Morgan fingerprint density at radius 2 is 2.00 bits per heavy atom. The first-order valence-electron chi connectivity index (χ1n) is 8.17. The molecule has 4 nitrogen and oxygen atoms in total. The van der Waals surface area contributed by atoms with E-state index in [2.05, 4.69) is 22.5 Å². The van der Waals surface area contributed by atoms with Crippen LogP contribution in [0, 0.1) is 0 Å². The van der Waals surface area contributed by atoms with Crippen molar-refractivity contribution in [3.8, 4) is 0 Å². The van der Waals surface area contributed by atoms with E-state index in [1.807, 2.05) is 20.8 Å². The lowest BCUT2D eigenvalue weighted by atomic mass is 10.1. The van der Waals surface area contributed by atoms with E-state index in [-0.39, 0.29) is 11.4 Å². The van der Waals surface area contributed by atoms with Crippen molar-refractivity contribution in [1.82, 2.24) is 15.5 Å². The molecule has 0 aromatic carbocycles. The molecule has 1 aliphatic rings. The highest BCUT2D eigenvalue weighted by molar-refractivity contribution is 5.76. The van der Waals surface area contributed by atoms with Gasteiger partial charge >= 0.3 is 0 Å². The second-order valence-corrected chi connectivity index (χ2v) is 6.97. The molecule has 20 heavy (non-hydrogen) atoms. The normalized spacial score (nSPS) is 21.5. The number of amides is 1. The van der Waals surface area contributed by atoms with E-state index >= 15 is 0 Å². The minimum atomic E-state index is -0.125. The van der Waals surface area contributed by atoms with Crippen LogP contribution in [0.25, 0.3) is 0 Å². The van der Waals surface area contributed by atoms with Crippen LogP contribution in [0.4, 0.5) is 0 Å². The summed E-state index contributed by atoms with van der Waals surface area (Å²) in [4.78, 5) is 14.3. The molecule has 0 saturated carbocycles. The Hall–Kier alpha value is -0.610. The first-order valence-corrected chi connectivity index (χ1v) is 8.17. The van der Waals surface area contributed by atoms with Crippen molar-refractivity contribution in [1.29, 1.82) is 0 Å². The van der Waals surface area contributed by atoms with E-state index in [9.17, 15) is 4.79 Å². The van der Waals surface area contributed by atoms with Gasteiger partial charge in [0, 0.05) is 24.5 Å². The fourth-order valence-corrected chi connectivity index (χ4v) is 2.77. The molecule has 1 unspecified atom stereocenters. The van der Waals surface area contributed by atoms with Crippen molar-refractivity contribution < 1.29 is 4.79 Å². The maximum Gasteiger partial charge on any atom is 0.221 e. The summed E-state index contributed by atoms with van der Waals surface area (Å²) in [6.07, 6.45) is 5.53. The summed E-state index contributed by atoms with van der Waals surface area (Å²) >= 11 is 0. The highest BCUT2D eigenvalue weighted by Crippen LogP contribution is 2.11. The molecule has 0 bridgehead atoms. The molecule has 2 N–H and O–H groups in total. The topological polar surface area (TPSA) is 44.4 Å². The highest BCUT2D eigenvalue weighted by Gasteiger charge is 2.17. The number of hydrogen-bond acceptors (Lipinski definition) is 3. The van der Waals surface area contributed by atoms with Gasteiger partial charge in [-0.05, 0) is 66.1 Å². The third kappa shape index (κ3) is 7.85. The lowest BCUT2D eigenvalue weighted by molar-refractivity contribution is -0.122. The number of nitrogens with one attached hydrogen (secondary N) is 2. The van der Waals surface area contributed by atoms with E-state index in [4.69, 9.17) is 0 Å². The van der Waals surface area contributed by atoms with E-state index in [1.165, 1.54) is 45.3 Å². The molecule has 1 saturated heterocycles. The van der Waals surface area contributed by atoms with Gasteiger partial charge in [-0.15, -0.1) is 0 Å². The van der Waals surface area contributed by atoms with Gasteiger partial charge in [0.2, 0.25) is 5.91 Å². The first-order chi connectivity index (χ1) is 9.40. The van der Waals surface area contributed by atoms with E-state index in [0.717, 1.165) is 6.54 Å². The smallest absolute Gasteiger partial charge is 0.221 e. The summed E-state index contributed by atoms with van der Waals surface area (Å²) < 4.78 is 0. The summed E-state index contributed by atoms with van der Waals surface area (Å²) in [6, 6.07) is 0.583. The Morgan fingerprint density at radius 3 is 2.65 bits per heavy atom. The average molecular weight is 283 g/mol. The Balaban J connectivity index is 2.17. The fraction of sp³-hybridized carbons (Fsp3) is 0.938. The van der Waals surface area contributed by atoms with Crippen LogP contribution in [0.15, 0.2) is 0 Å². The Labute approximate surface area is 124 Å². The fourth-order valence-electron chi connectivity index (χ4n) is 2.77. The minimum absolute atomic E-state index is 0.125. The van der Waals surface area contributed by atoms with Crippen molar-refractivity contribution >= 4 is 5.91 Å². The van der Waals surface area contributed by atoms with Gasteiger partial charge < -0.3 is 15.5 Å². The molecule has 1 amide bonds. The third-order valence-corrected chi connectivity index (χ3v) is 3.66. The molecule has 4 heteroatoms. The van der Waals surface area contributed by atoms with Crippen LogP contribution >= 0.6 is 0 Å². The molecule has 0 aromatic rings. The SMILES string of the molecule is CCCN1CCCC(NCCC(=O)NC(C)(C)C)CC1. The molecule has 1 atom stereocenters. The Morgan fingerprint density at radius 1 is 1.25 bits per heavy atom. The van der Waals surface area contributed by atoms with Gasteiger partial charge in [0.05, 0.1) is 0 Å². The van der Waals surface area contributed by atoms with Gasteiger partial charge in [-0.2, -0.15) is 0 Å². The third-order valence-electron chi connectivity index (χ3n) is 3.66. The number of likely N-dealkylation sites (tertiary alicyclic amines) is 1. The first kappa shape index (κ1) is 17.4. The molecule has 0 aromatic heterocycles. The number of carbonyl (C=O) groups is 1. The van der Waals surface area contributed by atoms with Gasteiger partial charge in [0.25, 0.3) is 0 Å². The monoisotopic (exact) mass is 283 g/mol. The standard InChI is InChI=1S/C16H33N3O/c1-5-11-19-12-6-7-14(9-13-19)17-10-8-15(20)18-16(2,3)4/h14,17H,5-13H2,1-4H3,(H,18,20). The largest absolute Gasteiger partial charge is 0.351 e. The van der Waals surface area contributed by atoms with Crippen molar-refractivity contribution in [2.45, 2.75) is 71.4 Å². The summed E-state index contributed by atoms with van der Waals surface area (Å²) in [5.41, 5.74) is -0.125. The van der Waals surface area contributed by atoms with Crippen molar-refractivity contribution in [3.63, 3.8) is 0 Å². The summed E-state index contributed by atoms with van der Waals surface area (Å²) in [5, 5.41) is 6.56. The zero-order valence-corrected chi connectivity index (χ0v) is 13.8. The zero-order valence-electron chi connectivity index (χ0n) is 13.8. The second kappa shape index (κ2) is 8.63. The minimum Gasteiger partial charge on any atom is -0.351 e. The lowest BCUT2D eigenvalue weighted by Gasteiger charge is -2.21. The van der Waals surface area contributed by atoms with Crippen LogP contribution in [0.2, 0.25) is 0 Å². The molecular formula is C16H33N3O. The predicted octanol–water partition coefficient (Wildman–Crippen LogP) is 2.15. The molecule has 118 valence electrons. The molecule has 1 rings (SSSR count). The maximum absolute atomic E-state index is 11.7. The van der Waals surface area contributed by atoms with Gasteiger partial charge in [0.15, 0.2) is 0 Å². The summed E-state index contributed by atoms with van der Waals surface area (Å²) in [7, 11) is 0. The quantitative estimate of drug-likeness (QED) is 0.785. The second-order valence-electron chi connectivity index (χ2n) is 6.97. The Kier molecular flexibility index (Phi) is 7.52. The van der Waals surface area contributed by atoms with Gasteiger partial charge in [-0.25, -0.2) is 0 Å². The van der Waals surface area contributed by atoms with E-state index in [0.29, 0.717) is 12.5 Å². The molecule has 1 fully saturated rings. The Bertz CT molecular complexity index is 286. The van der Waals surface area contributed by atoms with Crippen LogP contribution < -0.4 is 10.6 Å². The van der Waals surface area contributed by atoms with Crippen molar-refractivity contribution in [2.24, 2.45) is 0 Å². The van der Waals surface area contributed by atoms with Crippen LogP contribution in [-0.2, 0) is 4.79 Å². The van der Waals surface area contributed by atoms with Gasteiger partial charge in [-0.3, -0.25) is 4.79 Å². The molecule has 1 aliphatic heterocycles. The van der Waals surface area contributed by atoms with Crippen molar-refractivity contribution in [3.05, 3.63) is 0 Å². The van der Waals surface area contributed by atoms with E-state index < -0.39 is 0 Å². The summed E-state index contributed by atoms with van der Waals surface area (Å²) in [5.74, 6) is 0.145. The van der Waals surface area contributed by atoms with Crippen molar-refractivity contribution in [2.75, 3.05) is 26.2 Å². The van der Waals surface area contributed by atoms with E-state index in [1.54, 1.807) is 0 Å². The van der Waals surface area contributed by atoms with Crippen LogP contribution in [0.3, 0.4) is 0 Å². The zero-order chi connectivity index (χ0) is 15.0. The van der Waals surface area contributed by atoms with Gasteiger partial charge in [-0.1, -0.05) is 6.92 Å². The number of nitrogens with zero attached hydrogens (tertiary/aromatic N) is 1. The average Bonchev–Trinajstić information content (AvgIpc) is 2.53. The molecular weight excluding hydrogens is 250 g/mol. The predicted molar refractivity (Wildman–Crippen MR) is 84.9 cm³/mol. The molecule has 0 radical (unpaired) electrons.